The molecule has 0 bridgehead atoms. The molecule has 0 heterocycles. The van der Waals surface area contributed by atoms with E-state index in [9.17, 15) is 4.79 Å². The molecular weight excluding hydrogens is 238 g/mol. The second kappa shape index (κ2) is 6.71. The van der Waals surface area contributed by atoms with Gasteiger partial charge in [0, 0.05) is 6.54 Å². The molecule has 1 aliphatic carbocycles. The Morgan fingerprint density at radius 1 is 1.37 bits per heavy atom. The molecule has 0 spiro atoms. The Bertz CT molecular complexity index is 404. The fourth-order valence-corrected chi connectivity index (χ4v) is 2.79. The van der Waals surface area contributed by atoms with Crippen LogP contribution in [0.25, 0.3) is 0 Å². The van der Waals surface area contributed by atoms with Crippen molar-refractivity contribution in [1.82, 2.24) is 0 Å². The van der Waals surface area contributed by atoms with Crippen molar-refractivity contribution in [3.05, 3.63) is 35.9 Å². The Kier molecular flexibility index (Phi) is 4.97. The van der Waals surface area contributed by atoms with Crippen LogP contribution in [0.3, 0.4) is 0 Å². The number of hydrogen-bond acceptors (Lipinski definition) is 3. The first kappa shape index (κ1) is 14.1. The summed E-state index contributed by atoms with van der Waals surface area (Å²) in [6.45, 7) is 2.52. The summed E-state index contributed by atoms with van der Waals surface area (Å²) in [5.74, 6) is 0.144. The average molecular weight is 261 g/mol. The molecular formula is C16H23NO2. The average Bonchev–Trinajstić information content (AvgIpc) is 2.41. The van der Waals surface area contributed by atoms with Crippen LogP contribution < -0.4 is 5.73 Å². The molecule has 1 aromatic rings. The molecule has 2 rings (SSSR count). The minimum absolute atomic E-state index is 0.0778. The molecule has 2 N–H and O–H groups in total. The second-order valence-electron chi connectivity index (χ2n) is 5.53. The van der Waals surface area contributed by atoms with E-state index in [1.54, 1.807) is 0 Å². The molecule has 3 atom stereocenters. The number of ether oxygens (including phenoxy) is 1. The lowest BCUT2D eigenvalue weighted by molar-refractivity contribution is -0.152. The van der Waals surface area contributed by atoms with E-state index in [0.717, 1.165) is 24.8 Å². The molecule has 0 saturated heterocycles. The molecule has 3 unspecified atom stereocenters. The third-order valence-corrected chi connectivity index (χ3v) is 3.89. The summed E-state index contributed by atoms with van der Waals surface area (Å²) < 4.78 is 5.65. The Balaban J connectivity index is 1.97. The minimum Gasteiger partial charge on any atom is -0.462 e. The lowest BCUT2D eigenvalue weighted by Gasteiger charge is -2.28. The van der Waals surface area contributed by atoms with Gasteiger partial charge in [0.1, 0.15) is 6.10 Å². The largest absolute Gasteiger partial charge is 0.462 e. The number of hydrogen-bond donors (Lipinski definition) is 1. The Hall–Kier alpha value is -1.35. The molecule has 0 aliphatic heterocycles. The molecule has 0 amide bonds. The van der Waals surface area contributed by atoms with Crippen molar-refractivity contribution in [2.24, 2.45) is 11.7 Å². The van der Waals surface area contributed by atoms with Crippen LogP contribution in [0.15, 0.2) is 30.3 Å². The fourth-order valence-electron chi connectivity index (χ4n) is 2.79. The molecule has 0 aromatic heterocycles. The third-order valence-electron chi connectivity index (χ3n) is 3.89. The van der Waals surface area contributed by atoms with Gasteiger partial charge in [-0.05, 0) is 30.7 Å². The highest BCUT2D eigenvalue weighted by Crippen LogP contribution is 2.27. The van der Waals surface area contributed by atoms with E-state index in [1.165, 1.54) is 6.42 Å². The molecule has 3 nitrogen and oxygen atoms in total. The van der Waals surface area contributed by atoms with E-state index in [1.807, 2.05) is 30.3 Å². The minimum atomic E-state index is -0.335. The molecule has 0 radical (unpaired) electrons. The zero-order valence-corrected chi connectivity index (χ0v) is 11.5. The first-order valence-electron chi connectivity index (χ1n) is 7.16. The van der Waals surface area contributed by atoms with E-state index in [4.69, 9.17) is 10.5 Å². The van der Waals surface area contributed by atoms with E-state index >= 15 is 0 Å². The summed E-state index contributed by atoms with van der Waals surface area (Å²) in [6, 6.07) is 9.65. The van der Waals surface area contributed by atoms with E-state index in [-0.39, 0.29) is 18.0 Å². The molecule has 1 fully saturated rings. The second-order valence-corrected chi connectivity index (χ2v) is 5.53. The van der Waals surface area contributed by atoms with E-state index in [0.29, 0.717) is 12.5 Å². The first-order chi connectivity index (χ1) is 9.20. The van der Waals surface area contributed by atoms with Crippen LogP contribution in [-0.2, 0) is 9.53 Å². The van der Waals surface area contributed by atoms with Crippen LogP contribution in [0.5, 0.6) is 0 Å². The highest BCUT2D eigenvalue weighted by atomic mass is 16.5. The summed E-state index contributed by atoms with van der Waals surface area (Å²) in [5.41, 5.74) is 6.68. The van der Waals surface area contributed by atoms with Gasteiger partial charge in [-0.2, -0.15) is 0 Å². The molecule has 1 aromatic carbocycles. The zero-order chi connectivity index (χ0) is 13.7. The Labute approximate surface area is 115 Å². The van der Waals surface area contributed by atoms with Crippen LogP contribution in [0.4, 0.5) is 0 Å². The van der Waals surface area contributed by atoms with Crippen molar-refractivity contribution in [2.75, 3.05) is 6.54 Å². The topological polar surface area (TPSA) is 52.3 Å². The number of esters is 1. The van der Waals surface area contributed by atoms with Crippen molar-refractivity contribution in [3.8, 4) is 0 Å². The lowest BCUT2D eigenvalue weighted by Crippen LogP contribution is -2.30. The third kappa shape index (κ3) is 3.80. The summed E-state index contributed by atoms with van der Waals surface area (Å²) in [5, 5.41) is 0. The maximum absolute atomic E-state index is 12.2. The maximum Gasteiger partial charge on any atom is 0.314 e. The molecule has 104 valence electrons. The van der Waals surface area contributed by atoms with Gasteiger partial charge in [-0.1, -0.05) is 43.7 Å². The van der Waals surface area contributed by atoms with Crippen LogP contribution in [0.2, 0.25) is 0 Å². The number of rotatable bonds is 4. The number of nitrogens with two attached hydrogens (primary N) is 1. The summed E-state index contributed by atoms with van der Waals surface area (Å²) in [7, 11) is 0. The maximum atomic E-state index is 12.2. The monoisotopic (exact) mass is 261 g/mol. The van der Waals surface area contributed by atoms with Crippen molar-refractivity contribution < 1.29 is 9.53 Å². The molecule has 19 heavy (non-hydrogen) atoms. The van der Waals surface area contributed by atoms with E-state index in [2.05, 4.69) is 6.92 Å². The van der Waals surface area contributed by atoms with Crippen molar-refractivity contribution in [2.45, 2.75) is 44.6 Å². The zero-order valence-electron chi connectivity index (χ0n) is 11.5. The van der Waals surface area contributed by atoms with Gasteiger partial charge in [0.25, 0.3) is 0 Å². The predicted octanol–water partition coefficient (Wildman–Crippen LogP) is 2.85. The van der Waals surface area contributed by atoms with Gasteiger partial charge >= 0.3 is 5.97 Å². The normalized spacial score (nSPS) is 24.7. The van der Waals surface area contributed by atoms with Gasteiger partial charge in [-0.3, -0.25) is 4.79 Å². The van der Waals surface area contributed by atoms with Gasteiger partial charge in [0.15, 0.2) is 0 Å². The summed E-state index contributed by atoms with van der Waals surface area (Å²) >= 11 is 0. The Morgan fingerprint density at radius 3 is 2.74 bits per heavy atom. The van der Waals surface area contributed by atoms with Gasteiger partial charge < -0.3 is 10.5 Å². The van der Waals surface area contributed by atoms with Crippen molar-refractivity contribution in [3.63, 3.8) is 0 Å². The van der Waals surface area contributed by atoms with Crippen molar-refractivity contribution in [1.29, 1.82) is 0 Å². The molecule has 1 aliphatic rings. The van der Waals surface area contributed by atoms with Gasteiger partial charge in [-0.15, -0.1) is 0 Å². The number of benzene rings is 1. The van der Waals surface area contributed by atoms with Gasteiger partial charge in [0.05, 0.1) is 5.92 Å². The quantitative estimate of drug-likeness (QED) is 0.848. The fraction of sp³-hybridized carbons (Fsp3) is 0.562. The summed E-state index contributed by atoms with van der Waals surface area (Å²) in [6.07, 6.45) is 4.44. The summed E-state index contributed by atoms with van der Waals surface area (Å²) in [4.78, 5) is 12.2. The van der Waals surface area contributed by atoms with Crippen LogP contribution in [0.1, 0.15) is 44.1 Å². The van der Waals surface area contributed by atoms with Gasteiger partial charge in [0.2, 0.25) is 0 Å². The van der Waals surface area contributed by atoms with Gasteiger partial charge in [-0.25, -0.2) is 0 Å². The van der Waals surface area contributed by atoms with Crippen LogP contribution in [-0.4, -0.2) is 18.6 Å². The lowest BCUT2D eigenvalue weighted by atomic mass is 9.88. The molecule has 1 saturated carbocycles. The highest BCUT2D eigenvalue weighted by molar-refractivity contribution is 5.78. The van der Waals surface area contributed by atoms with Crippen LogP contribution >= 0.6 is 0 Å². The SMILES string of the molecule is CC1CCCC(OC(=O)C(CN)c2ccccc2)C1. The number of carbonyl (C=O) groups is 1. The molecule has 3 heteroatoms. The van der Waals surface area contributed by atoms with Crippen LogP contribution in [0, 0.1) is 5.92 Å². The van der Waals surface area contributed by atoms with E-state index < -0.39 is 0 Å². The Morgan fingerprint density at radius 2 is 2.11 bits per heavy atom. The smallest absolute Gasteiger partial charge is 0.314 e. The first-order valence-corrected chi connectivity index (χ1v) is 7.16. The highest BCUT2D eigenvalue weighted by Gasteiger charge is 2.26. The van der Waals surface area contributed by atoms with Crippen molar-refractivity contribution >= 4 is 5.97 Å². The standard InChI is InChI=1S/C16H23NO2/c1-12-6-5-9-14(10-12)19-16(18)15(11-17)13-7-3-2-4-8-13/h2-4,7-8,12,14-15H,5-6,9-11,17H2,1H3. The predicted molar refractivity (Wildman–Crippen MR) is 75.7 cm³/mol. The number of carbonyl (C=O) groups excluding carboxylic acids is 1.